The van der Waals surface area contributed by atoms with Gasteiger partial charge in [-0.05, 0) is 24.6 Å². The van der Waals surface area contributed by atoms with Crippen LogP contribution in [-0.2, 0) is 19.9 Å². The van der Waals surface area contributed by atoms with Crippen molar-refractivity contribution in [3.63, 3.8) is 0 Å². The SMILES string of the molecule is COC(=O)C1OC1(C)c1ccc(Cl)c(Cl)c1. The van der Waals surface area contributed by atoms with Crippen LogP contribution >= 0.6 is 23.2 Å². The molecule has 1 aliphatic heterocycles. The van der Waals surface area contributed by atoms with Gasteiger partial charge in [0.1, 0.15) is 5.60 Å². The van der Waals surface area contributed by atoms with Crippen LogP contribution in [0.4, 0.5) is 0 Å². The second kappa shape index (κ2) is 3.91. The number of benzene rings is 1. The Bertz CT molecular complexity index is 447. The van der Waals surface area contributed by atoms with E-state index in [0.29, 0.717) is 10.0 Å². The molecule has 2 unspecified atom stereocenters. The highest BCUT2D eigenvalue weighted by Crippen LogP contribution is 2.47. The lowest BCUT2D eigenvalue weighted by atomic mass is 9.97. The van der Waals surface area contributed by atoms with E-state index >= 15 is 0 Å². The first-order valence-corrected chi connectivity index (χ1v) is 5.46. The van der Waals surface area contributed by atoms with Crippen molar-refractivity contribution in [2.45, 2.75) is 18.6 Å². The van der Waals surface area contributed by atoms with Crippen LogP contribution in [-0.4, -0.2) is 19.2 Å². The van der Waals surface area contributed by atoms with E-state index in [9.17, 15) is 4.79 Å². The monoisotopic (exact) mass is 260 g/mol. The van der Waals surface area contributed by atoms with Gasteiger partial charge in [-0.15, -0.1) is 0 Å². The lowest BCUT2D eigenvalue weighted by molar-refractivity contribution is -0.142. The molecule has 1 saturated heterocycles. The number of rotatable bonds is 2. The Kier molecular flexibility index (Phi) is 2.86. The summed E-state index contributed by atoms with van der Waals surface area (Å²) >= 11 is 11.7. The maximum Gasteiger partial charge on any atom is 0.338 e. The Balaban J connectivity index is 2.26. The van der Waals surface area contributed by atoms with Gasteiger partial charge in [-0.1, -0.05) is 29.3 Å². The van der Waals surface area contributed by atoms with Crippen LogP contribution in [0.3, 0.4) is 0 Å². The maximum absolute atomic E-state index is 11.3. The van der Waals surface area contributed by atoms with E-state index in [1.54, 1.807) is 18.2 Å². The van der Waals surface area contributed by atoms with E-state index in [-0.39, 0.29) is 5.97 Å². The molecule has 0 bridgehead atoms. The smallest absolute Gasteiger partial charge is 0.338 e. The van der Waals surface area contributed by atoms with Gasteiger partial charge in [-0.3, -0.25) is 0 Å². The Hall–Kier alpha value is -0.770. The van der Waals surface area contributed by atoms with Crippen LogP contribution in [0.2, 0.25) is 10.0 Å². The highest BCUT2D eigenvalue weighted by molar-refractivity contribution is 6.42. The van der Waals surface area contributed by atoms with E-state index in [1.165, 1.54) is 7.11 Å². The Labute approximate surface area is 103 Å². The van der Waals surface area contributed by atoms with E-state index in [1.807, 2.05) is 6.92 Å². The molecule has 3 nitrogen and oxygen atoms in total. The zero-order chi connectivity index (χ0) is 11.9. The van der Waals surface area contributed by atoms with E-state index in [0.717, 1.165) is 5.56 Å². The third kappa shape index (κ3) is 1.79. The summed E-state index contributed by atoms with van der Waals surface area (Å²) in [5.74, 6) is -0.381. The van der Waals surface area contributed by atoms with Gasteiger partial charge in [0, 0.05) is 0 Å². The van der Waals surface area contributed by atoms with E-state index < -0.39 is 11.7 Å². The summed E-state index contributed by atoms with van der Waals surface area (Å²) in [6.45, 7) is 1.81. The van der Waals surface area contributed by atoms with Crippen molar-refractivity contribution in [3.8, 4) is 0 Å². The van der Waals surface area contributed by atoms with Crippen molar-refractivity contribution in [1.82, 2.24) is 0 Å². The first-order valence-electron chi connectivity index (χ1n) is 4.70. The molecule has 0 radical (unpaired) electrons. The highest BCUT2D eigenvalue weighted by atomic mass is 35.5. The standard InChI is InChI=1S/C11H10Cl2O3/c1-11(9(16-11)10(14)15-2)6-3-4-7(12)8(13)5-6/h3-5,9H,1-2H3. The number of ether oxygens (including phenoxy) is 2. The fourth-order valence-corrected chi connectivity index (χ4v) is 1.91. The molecule has 0 amide bonds. The molecule has 0 aromatic heterocycles. The molecule has 0 N–H and O–H groups in total. The molecule has 0 saturated carbocycles. The quantitative estimate of drug-likeness (QED) is 0.607. The molecule has 1 aromatic carbocycles. The molecular weight excluding hydrogens is 251 g/mol. The van der Waals surface area contributed by atoms with Crippen molar-refractivity contribution in [3.05, 3.63) is 33.8 Å². The molecule has 0 spiro atoms. The predicted octanol–water partition coefficient (Wildman–Crippen LogP) is 2.78. The molecule has 16 heavy (non-hydrogen) atoms. The highest BCUT2D eigenvalue weighted by Gasteiger charge is 2.59. The van der Waals surface area contributed by atoms with Gasteiger partial charge in [0.2, 0.25) is 0 Å². The van der Waals surface area contributed by atoms with Gasteiger partial charge in [0.05, 0.1) is 17.2 Å². The van der Waals surface area contributed by atoms with Crippen LogP contribution in [0.5, 0.6) is 0 Å². The third-order valence-corrected chi connectivity index (χ3v) is 3.45. The molecule has 1 fully saturated rings. The van der Waals surface area contributed by atoms with Crippen molar-refractivity contribution in [2.24, 2.45) is 0 Å². The first kappa shape index (κ1) is 11.7. The summed E-state index contributed by atoms with van der Waals surface area (Å²) in [6, 6.07) is 5.17. The molecule has 5 heteroatoms. The first-order chi connectivity index (χ1) is 7.49. The third-order valence-electron chi connectivity index (χ3n) is 2.71. The lowest BCUT2D eigenvalue weighted by Gasteiger charge is -2.07. The second-order valence-electron chi connectivity index (χ2n) is 3.76. The Morgan fingerprint density at radius 1 is 1.44 bits per heavy atom. The van der Waals surface area contributed by atoms with Crippen LogP contribution in [0.25, 0.3) is 0 Å². The van der Waals surface area contributed by atoms with Gasteiger partial charge >= 0.3 is 5.97 Å². The van der Waals surface area contributed by atoms with Crippen molar-refractivity contribution >= 4 is 29.2 Å². The molecule has 0 aliphatic carbocycles. The van der Waals surface area contributed by atoms with Gasteiger partial charge in [-0.2, -0.15) is 0 Å². The van der Waals surface area contributed by atoms with Gasteiger partial charge in [-0.25, -0.2) is 4.79 Å². The normalized spacial score (nSPS) is 27.6. The van der Waals surface area contributed by atoms with Crippen molar-refractivity contribution in [2.75, 3.05) is 7.11 Å². The van der Waals surface area contributed by atoms with Crippen molar-refractivity contribution < 1.29 is 14.3 Å². The number of hydrogen-bond acceptors (Lipinski definition) is 3. The topological polar surface area (TPSA) is 38.8 Å². The maximum atomic E-state index is 11.3. The second-order valence-corrected chi connectivity index (χ2v) is 4.57. The number of hydrogen-bond donors (Lipinski definition) is 0. The average Bonchev–Trinajstić information content (AvgIpc) is 2.95. The summed E-state index contributed by atoms with van der Waals surface area (Å²) in [4.78, 5) is 11.3. The zero-order valence-corrected chi connectivity index (χ0v) is 10.3. The fraction of sp³-hybridized carbons (Fsp3) is 0.364. The molecule has 2 atom stereocenters. The van der Waals surface area contributed by atoms with Crippen LogP contribution in [0.1, 0.15) is 12.5 Å². The predicted molar refractivity (Wildman–Crippen MR) is 60.7 cm³/mol. The summed E-state index contributed by atoms with van der Waals surface area (Å²) in [6.07, 6.45) is -0.560. The average molecular weight is 261 g/mol. The van der Waals surface area contributed by atoms with Crippen LogP contribution in [0.15, 0.2) is 18.2 Å². The zero-order valence-electron chi connectivity index (χ0n) is 8.79. The number of esters is 1. The number of methoxy groups -OCH3 is 1. The molecule has 86 valence electrons. The fourth-order valence-electron chi connectivity index (χ4n) is 1.62. The van der Waals surface area contributed by atoms with Gasteiger partial charge < -0.3 is 9.47 Å². The molecule has 1 heterocycles. The van der Waals surface area contributed by atoms with Crippen LogP contribution in [0, 0.1) is 0 Å². The van der Waals surface area contributed by atoms with Gasteiger partial charge in [0.25, 0.3) is 0 Å². The molecule has 1 aliphatic rings. The molecule has 1 aromatic rings. The van der Waals surface area contributed by atoms with Crippen LogP contribution < -0.4 is 0 Å². The Morgan fingerprint density at radius 3 is 2.69 bits per heavy atom. The summed E-state index contributed by atoms with van der Waals surface area (Å²) in [5.41, 5.74) is 0.165. The number of epoxide rings is 1. The van der Waals surface area contributed by atoms with Gasteiger partial charge in [0.15, 0.2) is 6.10 Å². The minimum Gasteiger partial charge on any atom is -0.467 e. The molecule has 2 rings (SSSR count). The number of carbonyl (C=O) groups is 1. The van der Waals surface area contributed by atoms with E-state index in [4.69, 9.17) is 27.9 Å². The summed E-state index contributed by atoms with van der Waals surface area (Å²) < 4.78 is 9.98. The largest absolute Gasteiger partial charge is 0.467 e. The number of carbonyl (C=O) groups excluding carboxylic acids is 1. The van der Waals surface area contributed by atoms with E-state index in [2.05, 4.69) is 4.74 Å². The minimum atomic E-state index is -0.651. The summed E-state index contributed by atoms with van der Waals surface area (Å²) in [5, 5.41) is 0.920. The number of halogens is 2. The Morgan fingerprint density at radius 2 is 2.12 bits per heavy atom. The van der Waals surface area contributed by atoms with Crippen molar-refractivity contribution in [1.29, 1.82) is 0 Å². The minimum absolute atomic E-state index is 0.381. The summed E-state index contributed by atoms with van der Waals surface area (Å²) in [7, 11) is 1.33. The molecular formula is C11H10Cl2O3. The lowest BCUT2D eigenvalue weighted by Crippen LogP contribution is -2.17.